The third kappa shape index (κ3) is 5.09. The van der Waals surface area contributed by atoms with E-state index in [1.54, 1.807) is 18.2 Å². The Morgan fingerprint density at radius 2 is 1.79 bits per heavy atom. The van der Waals surface area contributed by atoms with Crippen LogP contribution < -0.4 is 4.74 Å². The molecule has 0 aliphatic rings. The van der Waals surface area contributed by atoms with Crippen molar-refractivity contribution in [2.24, 2.45) is 0 Å². The van der Waals surface area contributed by atoms with E-state index in [9.17, 15) is 9.59 Å². The first-order valence-corrected chi connectivity index (χ1v) is 7.76. The standard InChI is InChI=1S/C20H20O4/c1-3-19(21)23-14-6-8-16-10-12-17(13-11-16)20(22)24-18-9-5-4-7-15(18)2/h3-5,7,9-13H,1,6,8,14H2,2H3. The van der Waals surface area contributed by atoms with Crippen molar-refractivity contribution >= 4 is 11.9 Å². The van der Waals surface area contributed by atoms with Crippen LogP contribution in [-0.2, 0) is 16.0 Å². The van der Waals surface area contributed by atoms with Crippen LogP contribution in [0.2, 0.25) is 0 Å². The molecule has 0 bridgehead atoms. The minimum atomic E-state index is -0.413. The summed E-state index contributed by atoms with van der Waals surface area (Å²) in [4.78, 5) is 23.1. The maximum atomic E-state index is 12.2. The fraction of sp³-hybridized carbons (Fsp3) is 0.200. The summed E-state index contributed by atoms with van der Waals surface area (Å²) >= 11 is 0. The number of hydrogen-bond donors (Lipinski definition) is 0. The molecule has 0 aliphatic heterocycles. The van der Waals surface area contributed by atoms with Crippen LogP contribution >= 0.6 is 0 Å². The Balaban J connectivity index is 1.87. The SMILES string of the molecule is C=CC(=O)OCCCc1ccc(C(=O)Oc2ccccc2C)cc1. The van der Waals surface area contributed by atoms with E-state index in [1.165, 1.54) is 0 Å². The molecule has 2 aromatic carbocycles. The van der Waals surface area contributed by atoms with Crippen LogP contribution in [0.15, 0.2) is 61.2 Å². The predicted octanol–water partition coefficient (Wildman–Crippen LogP) is 3.88. The molecule has 0 saturated carbocycles. The summed E-state index contributed by atoms with van der Waals surface area (Å²) in [6, 6.07) is 14.6. The summed E-state index contributed by atoms with van der Waals surface area (Å²) in [7, 11) is 0. The first-order chi connectivity index (χ1) is 11.6. The zero-order valence-corrected chi connectivity index (χ0v) is 13.7. The van der Waals surface area contributed by atoms with Gasteiger partial charge in [-0.3, -0.25) is 0 Å². The molecule has 0 atom stereocenters. The summed E-state index contributed by atoms with van der Waals surface area (Å²) in [5.41, 5.74) is 2.48. The minimum absolute atomic E-state index is 0.349. The van der Waals surface area contributed by atoms with Gasteiger partial charge in [-0.15, -0.1) is 0 Å². The van der Waals surface area contributed by atoms with Crippen LogP contribution in [0.3, 0.4) is 0 Å². The smallest absolute Gasteiger partial charge is 0.343 e. The number of esters is 2. The molecule has 2 rings (SSSR count). The highest BCUT2D eigenvalue weighted by Gasteiger charge is 2.09. The molecule has 0 aliphatic carbocycles. The number of para-hydroxylation sites is 1. The van der Waals surface area contributed by atoms with Gasteiger partial charge in [-0.2, -0.15) is 0 Å². The molecule has 24 heavy (non-hydrogen) atoms. The summed E-state index contributed by atoms with van der Waals surface area (Å²) in [6.45, 7) is 5.58. The van der Waals surface area contributed by atoms with Gasteiger partial charge in [0.05, 0.1) is 12.2 Å². The first-order valence-electron chi connectivity index (χ1n) is 7.76. The van der Waals surface area contributed by atoms with Crippen molar-refractivity contribution < 1.29 is 19.1 Å². The van der Waals surface area contributed by atoms with Crippen LogP contribution in [0.4, 0.5) is 0 Å². The Bertz CT molecular complexity index is 717. The Morgan fingerprint density at radius 3 is 2.46 bits per heavy atom. The van der Waals surface area contributed by atoms with Crippen molar-refractivity contribution in [2.75, 3.05) is 6.61 Å². The van der Waals surface area contributed by atoms with Gasteiger partial charge in [0.1, 0.15) is 5.75 Å². The topological polar surface area (TPSA) is 52.6 Å². The zero-order chi connectivity index (χ0) is 17.4. The highest BCUT2D eigenvalue weighted by Crippen LogP contribution is 2.18. The molecular formula is C20H20O4. The van der Waals surface area contributed by atoms with Gasteiger partial charge < -0.3 is 9.47 Å². The van der Waals surface area contributed by atoms with Gasteiger partial charge in [0, 0.05) is 6.08 Å². The molecule has 0 amide bonds. The molecule has 0 spiro atoms. The summed E-state index contributed by atoms with van der Waals surface area (Å²) in [5, 5.41) is 0. The second-order valence-electron chi connectivity index (χ2n) is 5.33. The number of benzene rings is 2. The van der Waals surface area contributed by atoms with Crippen molar-refractivity contribution in [3.05, 3.63) is 77.9 Å². The molecule has 0 unspecified atom stereocenters. The third-order valence-corrected chi connectivity index (χ3v) is 3.51. The number of ether oxygens (including phenoxy) is 2. The maximum absolute atomic E-state index is 12.2. The monoisotopic (exact) mass is 324 g/mol. The predicted molar refractivity (Wildman–Crippen MR) is 92.1 cm³/mol. The molecule has 0 N–H and O–H groups in total. The van der Waals surface area contributed by atoms with Gasteiger partial charge in [0.2, 0.25) is 0 Å². The number of rotatable bonds is 7. The third-order valence-electron chi connectivity index (χ3n) is 3.51. The molecule has 0 aromatic heterocycles. The van der Waals surface area contributed by atoms with Crippen LogP contribution in [0.5, 0.6) is 5.75 Å². The van der Waals surface area contributed by atoms with Crippen molar-refractivity contribution in [1.29, 1.82) is 0 Å². The van der Waals surface area contributed by atoms with Crippen molar-refractivity contribution in [3.8, 4) is 5.75 Å². The Kier molecular flexibility index (Phi) is 6.32. The van der Waals surface area contributed by atoms with E-state index in [0.717, 1.165) is 23.6 Å². The molecule has 4 nitrogen and oxygen atoms in total. The van der Waals surface area contributed by atoms with Gasteiger partial charge in [-0.05, 0) is 49.1 Å². The molecule has 0 fully saturated rings. The lowest BCUT2D eigenvalue weighted by Crippen LogP contribution is -2.09. The zero-order valence-electron chi connectivity index (χ0n) is 13.7. The van der Waals surface area contributed by atoms with Crippen molar-refractivity contribution in [3.63, 3.8) is 0 Å². The summed E-state index contributed by atoms with van der Waals surface area (Å²) < 4.78 is 10.3. The Labute approximate surface area is 141 Å². The van der Waals surface area contributed by atoms with Crippen molar-refractivity contribution in [2.45, 2.75) is 19.8 Å². The summed E-state index contributed by atoms with van der Waals surface area (Å²) in [5.74, 6) is -0.226. The molecule has 4 heteroatoms. The lowest BCUT2D eigenvalue weighted by molar-refractivity contribution is -0.137. The van der Waals surface area contributed by atoms with Gasteiger partial charge in [0.25, 0.3) is 0 Å². The Hall–Kier alpha value is -2.88. The number of carbonyl (C=O) groups is 2. The first kappa shape index (κ1) is 17.5. The number of carbonyl (C=O) groups excluding carboxylic acids is 2. The number of hydrogen-bond acceptors (Lipinski definition) is 4. The second kappa shape index (κ2) is 8.67. The molecule has 0 radical (unpaired) electrons. The van der Waals surface area contributed by atoms with Crippen molar-refractivity contribution in [1.82, 2.24) is 0 Å². The quantitative estimate of drug-likeness (QED) is 0.336. The van der Waals surface area contributed by atoms with Crippen LogP contribution in [0, 0.1) is 6.92 Å². The van der Waals surface area contributed by atoms with E-state index in [-0.39, 0.29) is 5.97 Å². The molecule has 0 heterocycles. The van der Waals surface area contributed by atoms with E-state index >= 15 is 0 Å². The maximum Gasteiger partial charge on any atom is 0.343 e. The lowest BCUT2D eigenvalue weighted by atomic mass is 10.1. The van der Waals surface area contributed by atoms with Crippen LogP contribution in [0.1, 0.15) is 27.9 Å². The van der Waals surface area contributed by atoms with Gasteiger partial charge in [-0.1, -0.05) is 36.9 Å². The van der Waals surface area contributed by atoms with E-state index in [4.69, 9.17) is 9.47 Å². The van der Waals surface area contributed by atoms with Gasteiger partial charge in [0.15, 0.2) is 0 Å². The van der Waals surface area contributed by atoms with E-state index < -0.39 is 5.97 Å². The van der Waals surface area contributed by atoms with Gasteiger partial charge in [-0.25, -0.2) is 9.59 Å². The van der Waals surface area contributed by atoms with Crippen LogP contribution in [0.25, 0.3) is 0 Å². The summed E-state index contributed by atoms with van der Waals surface area (Å²) in [6.07, 6.45) is 2.62. The molecule has 2 aromatic rings. The van der Waals surface area contributed by atoms with Gasteiger partial charge >= 0.3 is 11.9 Å². The van der Waals surface area contributed by atoms with E-state index in [1.807, 2.05) is 37.3 Å². The normalized spacial score (nSPS) is 10.0. The molecule has 0 saturated heterocycles. The molecule has 124 valence electrons. The number of aryl methyl sites for hydroxylation is 2. The fourth-order valence-corrected chi connectivity index (χ4v) is 2.15. The highest BCUT2D eigenvalue weighted by molar-refractivity contribution is 5.91. The van der Waals surface area contributed by atoms with Crippen LogP contribution in [-0.4, -0.2) is 18.5 Å². The minimum Gasteiger partial charge on any atom is -0.463 e. The second-order valence-corrected chi connectivity index (χ2v) is 5.33. The highest BCUT2D eigenvalue weighted by atomic mass is 16.5. The molecular weight excluding hydrogens is 304 g/mol. The lowest BCUT2D eigenvalue weighted by Gasteiger charge is -2.08. The average molecular weight is 324 g/mol. The van der Waals surface area contributed by atoms with E-state index in [0.29, 0.717) is 24.3 Å². The average Bonchev–Trinajstić information content (AvgIpc) is 2.61. The fourth-order valence-electron chi connectivity index (χ4n) is 2.15. The largest absolute Gasteiger partial charge is 0.463 e. The Morgan fingerprint density at radius 1 is 1.08 bits per heavy atom. The van der Waals surface area contributed by atoms with E-state index in [2.05, 4.69) is 6.58 Å².